The highest BCUT2D eigenvalue weighted by Gasteiger charge is 2.39. The molecule has 0 radical (unpaired) electrons. The molecule has 3 aromatic carbocycles. The molecule has 0 aliphatic carbocycles. The zero-order valence-corrected chi connectivity index (χ0v) is 36.3. The smallest absolute Gasteiger partial charge is 0.417 e. The number of benzene rings is 3. The van der Waals surface area contributed by atoms with Crippen LogP contribution in [0.1, 0.15) is 52.2 Å². The van der Waals surface area contributed by atoms with E-state index in [-0.39, 0.29) is 21.8 Å². The summed E-state index contributed by atoms with van der Waals surface area (Å²) < 4.78 is 5.76. The van der Waals surface area contributed by atoms with Crippen molar-refractivity contribution in [1.82, 2.24) is 10.2 Å². The second-order valence-electron chi connectivity index (χ2n) is 12.0. The normalized spacial score (nSPS) is 14.0. The molecule has 3 aromatic rings. The van der Waals surface area contributed by atoms with Gasteiger partial charge in [0.05, 0.1) is 7.85 Å². The Morgan fingerprint density at radius 2 is 1.31 bits per heavy atom. The van der Waals surface area contributed by atoms with Crippen molar-refractivity contribution in [2.75, 3.05) is 0 Å². The van der Waals surface area contributed by atoms with Gasteiger partial charge < -0.3 is 36.2 Å². The maximum absolute atomic E-state index is 13.5. The molecule has 13 nitrogen and oxygen atoms in total. The van der Waals surface area contributed by atoms with Gasteiger partial charge >= 0.3 is 18.0 Å². The molecule has 5 atom stereocenters. The van der Waals surface area contributed by atoms with E-state index in [0.29, 0.717) is 14.7 Å². The lowest BCUT2D eigenvalue weighted by molar-refractivity contribution is -0.143. The van der Waals surface area contributed by atoms with Gasteiger partial charge in [0.2, 0.25) is 11.8 Å². The van der Waals surface area contributed by atoms with Gasteiger partial charge in [0.1, 0.15) is 35.2 Å². The van der Waals surface area contributed by atoms with Gasteiger partial charge in [-0.2, -0.15) is 0 Å². The molecule has 0 saturated carbocycles. The minimum absolute atomic E-state index is 0.0278. The van der Waals surface area contributed by atoms with Crippen LogP contribution >= 0.6 is 90.4 Å². The molecule has 51 heavy (non-hydrogen) atoms. The van der Waals surface area contributed by atoms with Crippen LogP contribution in [0.25, 0.3) is 0 Å². The van der Waals surface area contributed by atoms with Gasteiger partial charge in [-0.3, -0.25) is 14.4 Å². The Kier molecular flexibility index (Phi) is 17.6. The third kappa shape index (κ3) is 13.8. The Bertz CT molecular complexity index is 1720. The van der Waals surface area contributed by atoms with Crippen LogP contribution in [0, 0.1) is 7.14 Å². The fourth-order valence-electron chi connectivity index (χ4n) is 4.41. The molecular formula is C34H37I4N3O10. The standard InChI is InChI=1S/C25H28I2N2O7.C9H9I2NO3/c1-14(30)29(24(35)36-25(2,3)4)19(12-15-8-6-5-7-9-15)22(32)28-21(23(33)34)20(27)17-11-10-16(31)13-18(17)26;10-6-3-4(13)1-2-5(6)7(11)8(12)9(14)15/h5-11,13,19-21,31H,12H2,1-4H3,(H,28,32)(H,33,34);1-3,7-8,13H,12H2,(H,14,15)/t19?,20?,21-;7?,8-/m00/s1. The molecule has 0 bridgehead atoms. The van der Waals surface area contributed by atoms with E-state index in [0.717, 1.165) is 21.0 Å². The van der Waals surface area contributed by atoms with E-state index in [1.165, 1.54) is 18.2 Å². The summed E-state index contributed by atoms with van der Waals surface area (Å²) in [5.74, 6) is -3.67. The van der Waals surface area contributed by atoms with Crippen LogP contribution in [0.4, 0.5) is 4.79 Å². The quantitative estimate of drug-likeness (QED) is 0.0923. The van der Waals surface area contributed by atoms with E-state index < -0.39 is 57.5 Å². The van der Waals surface area contributed by atoms with Gasteiger partial charge in [-0.1, -0.05) is 87.6 Å². The van der Waals surface area contributed by atoms with Crippen molar-refractivity contribution in [3.05, 3.63) is 90.6 Å². The zero-order valence-electron chi connectivity index (χ0n) is 27.7. The fourth-order valence-corrected chi connectivity index (χ4v) is 9.15. The average Bonchev–Trinajstić information content (AvgIpc) is 3.01. The minimum atomic E-state index is -1.39. The molecule has 276 valence electrons. The molecule has 0 aliphatic heterocycles. The third-order valence-electron chi connectivity index (χ3n) is 6.83. The molecule has 7 N–H and O–H groups in total. The van der Waals surface area contributed by atoms with Crippen molar-refractivity contribution < 1.29 is 49.1 Å². The number of nitrogens with zero attached hydrogens (tertiary/aromatic N) is 1. The monoisotopic (exact) mass is 1150 g/mol. The van der Waals surface area contributed by atoms with Crippen molar-refractivity contribution in [3.8, 4) is 11.5 Å². The molecule has 3 rings (SSSR count). The predicted molar refractivity (Wildman–Crippen MR) is 223 cm³/mol. The summed E-state index contributed by atoms with van der Waals surface area (Å²) in [6, 6.07) is 14.4. The summed E-state index contributed by atoms with van der Waals surface area (Å²) in [5, 5.41) is 40.1. The summed E-state index contributed by atoms with van der Waals surface area (Å²) in [7, 11) is 0. The number of carbonyl (C=O) groups is 5. The van der Waals surface area contributed by atoms with E-state index in [4.69, 9.17) is 15.6 Å². The summed E-state index contributed by atoms with van der Waals surface area (Å²) >= 11 is 7.92. The predicted octanol–water partition coefficient (Wildman–Crippen LogP) is 6.32. The first-order valence-corrected chi connectivity index (χ1v) is 19.6. The average molecular weight is 1160 g/mol. The molecule has 3 amide bonds. The second kappa shape index (κ2) is 20.1. The number of hydrogen-bond donors (Lipinski definition) is 6. The number of aromatic hydroxyl groups is 2. The Hall–Kier alpha value is -2.51. The van der Waals surface area contributed by atoms with Crippen LogP contribution in [-0.4, -0.2) is 78.9 Å². The highest BCUT2D eigenvalue weighted by molar-refractivity contribution is 14.1. The van der Waals surface area contributed by atoms with Crippen molar-refractivity contribution >= 4 is 120 Å². The molecule has 0 heterocycles. The van der Waals surface area contributed by atoms with Gasteiger partial charge in [-0.05, 0) is 107 Å². The number of hydrogen-bond acceptors (Lipinski definition) is 9. The van der Waals surface area contributed by atoms with Gasteiger partial charge in [0.25, 0.3) is 0 Å². The Balaban J connectivity index is 0.000000500. The molecule has 0 spiro atoms. The van der Waals surface area contributed by atoms with Crippen molar-refractivity contribution in [2.45, 2.75) is 65.7 Å². The van der Waals surface area contributed by atoms with Gasteiger partial charge in [-0.15, -0.1) is 0 Å². The number of phenols is 2. The summed E-state index contributed by atoms with van der Waals surface area (Å²) in [4.78, 5) is 62.7. The first-order valence-electron chi connectivity index (χ1n) is 15.0. The van der Waals surface area contributed by atoms with Gasteiger partial charge in [0, 0.05) is 20.5 Å². The largest absolute Gasteiger partial charge is 0.508 e. The van der Waals surface area contributed by atoms with Crippen LogP contribution in [0.2, 0.25) is 0 Å². The molecule has 0 aliphatic rings. The lowest BCUT2D eigenvalue weighted by Gasteiger charge is -2.32. The lowest BCUT2D eigenvalue weighted by Crippen LogP contribution is -2.57. The number of halogens is 4. The SMILES string of the molecule is CC(=O)N(C(=O)OC(C)(C)C)C(Cc1ccccc1)C(=O)N[C@H](C(=O)O)C(I)c1ccc(O)cc1I.N[C@H](C(=O)O)C(I)c1ccc(O)cc1I. The number of amides is 3. The van der Waals surface area contributed by atoms with Gasteiger partial charge in [-0.25, -0.2) is 14.5 Å². The number of carboxylic acids is 2. The highest BCUT2D eigenvalue weighted by Crippen LogP contribution is 2.34. The third-order valence-corrected chi connectivity index (χ3v) is 11.5. The zero-order chi connectivity index (χ0) is 38.8. The Morgan fingerprint density at radius 3 is 1.73 bits per heavy atom. The van der Waals surface area contributed by atoms with E-state index >= 15 is 0 Å². The Morgan fingerprint density at radius 1 is 0.824 bits per heavy atom. The van der Waals surface area contributed by atoms with E-state index in [2.05, 4.69) is 5.32 Å². The number of aliphatic carboxylic acids is 2. The maximum Gasteiger partial charge on any atom is 0.417 e. The van der Waals surface area contributed by atoms with E-state index in [9.17, 15) is 39.3 Å². The molecular weight excluding hydrogens is 1120 g/mol. The number of carboxylic acid groups (broad SMARTS) is 2. The van der Waals surface area contributed by atoms with E-state index in [1.807, 2.05) is 90.4 Å². The molecule has 0 saturated heterocycles. The number of imide groups is 1. The molecule has 0 fully saturated rings. The highest BCUT2D eigenvalue weighted by atomic mass is 127. The fraction of sp³-hybridized carbons (Fsp3) is 0.324. The number of alkyl halides is 2. The summed E-state index contributed by atoms with van der Waals surface area (Å²) in [6.45, 7) is 6.05. The number of nitrogens with one attached hydrogen (secondary N) is 1. The number of phenolic OH excluding ortho intramolecular Hbond substituents is 2. The van der Waals surface area contributed by atoms with E-state index in [1.54, 1.807) is 69.3 Å². The van der Waals surface area contributed by atoms with Crippen molar-refractivity contribution in [1.29, 1.82) is 0 Å². The lowest BCUT2D eigenvalue weighted by atomic mass is 10.0. The number of rotatable bonds is 11. The topological polar surface area (TPSA) is 217 Å². The molecule has 0 aromatic heterocycles. The number of carbonyl (C=O) groups excluding carboxylic acids is 3. The summed E-state index contributed by atoms with van der Waals surface area (Å²) in [5.41, 5.74) is 6.68. The maximum atomic E-state index is 13.5. The Labute approximate surface area is 349 Å². The first-order chi connectivity index (χ1) is 23.6. The number of ether oxygens (including phenoxy) is 1. The molecule has 17 heteroatoms. The number of nitrogens with two attached hydrogens (primary N) is 1. The first kappa shape index (κ1) is 44.7. The summed E-state index contributed by atoms with van der Waals surface area (Å²) in [6.07, 6.45) is -1.04. The van der Waals surface area contributed by atoms with Crippen LogP contribution in [0.3, 0.4) is 0 Å². The van der Waals surface area contributed by atoms with Crippen LogP contribution in [0.5, 0.6) is 11.5 Å². The van der Waals surface area contributed by atoms with Crippen molar-refractivity contribution in [3.63, 3.8) is 0 Å². The molecule has 3 unspecified atom stereocenters. The van der Waals surface area contributed by atoms with Crippen LogP contribution in [-0.2, 0) is 30.3 Å². The second-order valence-corrected chi connectivity index (χ2v) is 17.0. The van der Waals surface area contributed by atoms with Gasteiger partial charge in [0.15, 0.2) is 0 Å². The van der Waals surface area contributed by atoms with Crippen LogP contribution in [0.15, 0.2) is 66.7 Å². The van der Waals surface area contributed by atoms with Crippen molar-refractivity contribution in [2.24, 2.45) is 5.73 Å². The van der Waals surface area contributed by atoms with Crippen LogP contribution < -0.4 is 11.1 Å². The minimum Gasteiger partial charge on any atom is -0.508 e.